The van der Waals surface area contributed by atoms with Crippen LogP contribution >= 0.6 is 22.6 Å². The third-order valence-electron chi connectivity index (χ3n) is 5.42. The van der Waals surface area contributed by atoms with Crippen LogP contribution in [0.2, 0.25) is 0 Å². The molecule has 0 saturated heterocycles. The average molecular weight is 622 g/mol. The van der Waals surface area contributed by atoms with E-state index in [0.29, 0.717) is 26.5 Å². The fraction of sp³-hybridized carbons (Fsp3) is 0.125. The van der Waals surface area contributed by atoms with Gasteiger partial charge in [0.05, 0.1) is 14.5 Å². The van der Waals surface area contributed by atoms with E-state index in [2.05, 4.69) is 10.3 Å². The van der Waals surface area contributed by atoms with Gasteiger partial charge in [-0.3, -0.25) is 18.4 Å². The Kier molecular flexibility index (Phi) is 7.66. The van der Waals surface area contributed by atoms with Crippen LogP contribution < -0.4 is 15.4 Å². The first-order valence-electron chi connectivity index (χ1n) is 10.6. The van der Waals surface area contributed by atoms with Gasteiger partial charge in [-0.1, -0.05) is 12.1 Å². The summed E-state index contributed by atoms with van der Waals surface area (Å²) in [6, 6.07) is 13.8. The molecule has 0 radical (unpaired) electrons. The number of aromatic nitrogens is 1. The second-order valence-electron chi connectivity index (χ2n) is 7.69. The Morgan fingerprint density at radius 1 is 1.22 bits per heavy atom. The normalized spacial score (nSPS) is 11.9. The van der Waals surface area contributed by atoms with Gasteiger partial charge in [-0.15, -0.1) is 0 Å². The van der Waals surface area contributed by atoms with Gasteiger partial charge in [0.15, 0.2) is 5.82 Å². The average Bonchev–Trinajstić information content (AvgIpc) is 3.22. The lowest BCUT2D eigenvalue weighted by molar-refractivity contribution is 0.0963. The number of nitrogens with one attached hydrogen (secondary N) is 1. The Bertz CT molecular complexity index is 1490. The summed E-state index contributed by atoms with van der Waals surface area (Å²) < 4.78 is 43.3. The maximum absolute atomic E-state index is 13.5. The van der Waals surface area contributed by atoms with Crippen LogP contribution in [-0.2, 0) is 17.7 Å². The number of hydrogen-bond donors (Lipinski definition) is 3. The summed E-state index contributed by atoms with van der Waals surface area (Å²) in [5.41, 5.74) is 7.19. The molecule has 2 aromatic heterocycles. The Balaban J connectivity index is 1.76. The number of nitrogens with zero attached hydrogens (tertiary/aromatic N) is 2. The molecule has 0 spiro atoms. The molecule has 0 saturated carbocycles. The van der Waals surface area contributed by atoms with Gasteiger partial charge in [-0.25, -0.2) is 8.60 Å². The SMILES string of the molecule is CNC(=O)c1c(-c2ccc(F)cc2)oc2nc(N(CCc3cccc(C(N)=O)c3)S(=O)O)c(I)cc12. The number of benzene rings is 2. The van der Waals surface area contributed by atoms with Crippen LogP contribution in [0.15, 0.2) is 59.0 Å². The number of amides is 2. The fourth-order valence-corrected chi connectivity index (χ4v) is 5.11. The highest BCUT2D eigenvalue weighted by Gasteiger charge is 2.26. The number of pyridine rings is 1. The molecule has 9 nitrogen and oxygen atoms in total. The van der Waals surface area contributed by atoms with Crippen LogP contribution in [0.3, 0.4) is 0 Å². The van der Waals surface area contributed by atoms with Crippen molar-refractivity contribution in [2.24, 2.45) is 5.73 Å². The van der Waals surface area contributed by atoms with Crippen molar-refractivity contribution in [2.45, 2.75) is 6.42 Å². The lowest BCUT2D eigenvalue weighted by atomic mass is 10.1. The molecule has 2 amide bonds. The summed E-state index contributed by atoms with van der Waals surface area (Å²) in [5, 5.41) is 2.97. The smallest absolute Gasteiger partial charge is 0.263 e. The van der Waals surface area contributed by atoms with E-state index >= 15 is 0 Å². The molecule has 0 bridgehead atoms. The number of furan rings is 1. The van der Waals surface area contributed by atoms with Crippen LogP contribution in [0.25, 0.3) is 22.4 Å². The summed E-state index contributed by atoms with van der Waals surface area (Å²) >= 11 is -0.459. The molecule has 2 heterocycles. The number of fused-ring (bicyclic) bond motifs is 1. The van der Waals surface area contributed by atoms with E-state index in [1.165, 1.54) is 35.6 Å². The number of hydrogen-bond acceptors (Lipinski definition) is 5. The first-order chi connectivity index (χ1) is 17.2. The largest absolute Gasteiger partial charge is 0.437 e. The van der Waals surface area contributed by atoms with Crippen molar-refractivity contribution >= 4 is 62.6 Å². The van der Waals surface area contributed by atoms with Crippen LogP contribution in [0.4, 0.5) is 10.2 Å². The summed E-state index contributed by atoms with van der Waals surface area (Å²) in [6.07, 6.45) is 0.325. The molecule has 186 valence electrons. The molecule has 0 aliphatic heterocycles. The van der Waals surface area contributed by atoms with Gasteiger partial charge in [-0.2, -0.15) is 4.98 Å². The van der Waals surface area contributed by atoms with Crippen LogP contribution in [0.1, 0.15) is 26.3 Å². The van der Waals surface area contributed by atoms with Crippen molar-refractivity contribution in [2.75, 3.05) is 17.9 Å². The van der Waals surface area contributed by atoms with Gasteiger partial charge in [0.2, 0.25) is 11.6 Å². The van der Waals surface area contributed by atoms with Gasteiger partial charge in [0.25, 0.3) is 17.2 Å². The van der Waals surface area contributed by atoms with E-state index in [0.717, 1.165) is 5.56 Å². The monoisotopic (exact) mass is 622 g/mol. The molecular formula is C24H20FIN4O5S. The van der Waals surface area contributed by atoms with Crippen LogP contribution in [0, 0.1) is 9.39 Å². The van der Waals surface area contributed by atoms with E-state index in [9.17, 15) is 22.7 Å². The van der Waals surface area contributed by atoms with Crippen LogP contribution in [0.5, 0.6) is 0 Å². The minimum atomic E-state index is -2.43. The summed E-state index contributed by atoms with van der Waals surface area (Å²) in [4.78, 5) is 28.6. The predicted molar refractivity (Wildman–Crippen MR) is 142 cm³/mol. The van der Waals surface area contributed by atoms with E-state index in [4.69, 9.17) is 10.2 Å². The van der Waals surface area contributed by atoms with Crippen molar-refractivity contribution in [3.05, 3.63) is 80.7 Å². The minimum absolute atomic E-state index is 0.0783. The second kappa shape index (κ2) is 10.7. The van der Waals surface area contributed by atoms with Gasteiger partial charge in [-0.05, 0) is 77.0 Å². The molecule has 0 aliphatic rings. The van der Waals surface area contributed by atoms with Gasteiger partial charge in [0.1, 0.15) is 11.6 Å². The summed E-state index contributed by atoms with van der Waals surface area (Å²) in [5.74, 6) is -1.05. The first-order valence-corrected chi connectivity index (χ1v) is 12.7. The van der Waals surface area contributed by atoms with Crippen LogP contribution in [-0.4, -0.2) is 39.2 Å². The summed E-state index contributed by atoms with van der Waals surface area (Å²) in [6.45, 7) is 0.0909. The number of carbonyl (C=O) groups is 2. The van der Waals surface area contributed by atoms with E-state index in [-0.39, 0.29) is 29.4 Å². The molecule has 0 fully saturated rings. The molecule has 1 unspecified atom stereocenters. The van der Waals surface area contributed by atoms with E-state index in [1.807, 2.05) is 22.6 Å². The Morgan fingerprint density at radius 2 is 1.94 bits per heavy atom. The van der Waals surface area contributed by atoms with Crippen molar-refractivity contribution in [3.8, 4) is 11.3 Å². The fourth-order valence-electron chi connectivity index (χ4n) is 3.69. The molecule has 36 heavy (non-hydrogen) atoms. The zero-order valence-corrected chi connectivity index (χ0v) is 21.8. The third kappa shape index (κ3) is 5.24. The third-order valence-corrected chi connectivity index (χ3v) is 6.94. The second-order valence-corrected chi connectivity index (χ2v) is 9.75. The van der Waals surface area contributed by atoms with E-state index in [1.54, 1.807) is 30.3 Å². The number of rotatable bonds is 8. The molecule has 12 heteroatoms. The first kappa shape index (κ1) is 25.7. The highest BCUT2D eigenvalue weighted by atomic mass is 127. The topological polar surface area (TPSA) is 139 Å². The maximum atomic E-state index is 13.5. The minimum Gasteiger partial charge on any atom is -0.437 e. The highest BCUT2D eigenvalue weighted by Crippen LogP contribution is 2.36. The summed E-state index contributed by atoms with van der Waals surface area (Å²) in [7, 11) is 1.48. The molecule has 1 atom stereocenters. The molecule has 4 rings (SSSR count). The number of primary amides is 1. The number of carbonyl (C=O) groups excluding carboxylic acids is 2. The van der Waals surface area contributed by atoms with Crippen molar-refractivity contribution < 1.29 is 27.2 Å². The molecule has 2 aromatic carbocycles. The Morgan fingerprint density at radius 3 is 2.58 bits per heavy atom. The molecule has 0 aliphatic carbocycles. The van der Waals surface area contributed by atoms with E-state index < -0.39 is 28.9 Å². The number of anilines is 1. The van der Waals surface area contributed by atoms with Gasteiger partial charge in [0, 0.05) is 24.7 Å². The number of nitrogens with two attached hydrogens (primary N) is 1. The number of halogens is 2. The Labute approximate surface area is 221 Å². The van der Waals surface area contributed by atoms with Gasteiger partial charge >= 0.3 is 0 Å². The van der Waals surface area contributed by atoms with Crippen molar-refractivity contribution in [1.82, 2.24) is 10.3 Å². The molecular weight excluding hydrogens is 602 g/mol. The lowest BCUT2D eigenvalue weighted by Gasteiger charge is -2.20. The molecule has 4 N–H and O–H groups in total. The quantitative estimate of drug-likeness (QED) is 0.202. The zero-order valence-electron chi connectivity index (χ0n) is 18.8. The van der Waals surface area contributed by atoms with Gasteiger partial charge < -0.3 is 15.5 Å². The predicted octanol–water partition coefficient (Wildman–Crippen LogP) is 3.88. The van der Waals surface area contributed by atoms with Crippen molar-refractivity contribution in [3.63, 3.8) is 0 Å². The standard InChI is InChI=1S/C24H20FIN4O5S/c1-28-23(32)19-17-12-18(26)22(29-24(17)35-20(19)14-5-7-16(25)8-6-14)30(36(33)34)10-9-13-3-2-4-15(11-13)21(27)31/h2-8,11-12H,9-10H2,1H3,(H2,27,31)(H,28,32)(H,33,34). The highest BCUT2D eigenvalue weighted by molar-refractivity contribution is 14.1. The Hall–Kier alpha value is -3.36. The van der Waals surface area contributed by atoms with Crippen molar-refractivity contribution in [1.29, 1.82) is 0 Å². The molecule has 4 aromatic rings. The maximum Gasteiger partial charge on any atom is 0.263 e. The zero-order chi connectivity index (χ0) is 26.0. The lowest BCUT2D eigenvalue weighted by Crippen LogP contribution is -2.29.